The molecule has 0 saturated carbocycles. The van der Waals surface area contributed by atoms with Gasteiger partial charge in [0.25, 0.3) is 0 Å². The molecule has 0 N–H and O–H groups in total. The quantitative estimate of drug-likeness (QED) is 0.430. The van der Waals surface area contributed by atoms with Crippen LogP contribution in [0.4, 0.5) is 0 Å². The molecule has 0 aliphatic carbocycles. The highest BCUT2D eigenvalue weighted by Crippen LogP contribution is 2.27. The summed E-state index contributed by atoms with van der Waals surface area (Å²) in [7, 11) is -1.09. The van der Waals surface area contributed by atoms with Crippen molar-refractivity contribution in [3.05, 3.63) is 0 Å². The second-order valence-electron chi connectivity index (χ2n) is 6.36. The van der Waals surface area contributed by atoms with E-state index in [4.69, 9.17) is 4.74 Å². The molecule has 1 aliphatic rings. The van der Waals surface area contributed by atoms with Crippen LogP contribution in [0.1, 0.15) is 64.7 Å². The third-order valence-electron chi connectivity index (χ3n) is 4.23. The standard InChI is InChI=1S/C15H32OSi/c1-4-5-6-7-8-11-14-17(2,3)15-12-9-10-13-16-15/h15H,4-14H2,1-3H3. The van der Waals surface area contributed by atoms with Gasteiger partial charge in [-0.15, -0.1) is 0 Å². The first-order valence-electron chi connectivity index (χ1n) is 7.78. The van der Waals surface area contributed by atoms with Crippen molar-refractivity contribution in [1.82, 2.24) is 0 Å². The summed E-state index contributed by atoms with van der Waals surface area (Å²) in [6, 6.07) is 1.48. The van der Waals surface area contributed by atoms with Crippen LogP contribution in [0, 0.1) is 0 Å². The van der Waals surface area contributed by atoms with Gasteiger partial charge in [0, 0.05) is 12.3 Å². The van der Waals surface area contributed by atoms with Crippen LogP contribution in [-0.4, -0.2) is 20.4 Å². The summed E-state index contributed by atoms with van der Waals surface area (Å²) in [5, 5.41) is 0. The fourth-order valence-corrected chi connectivity index (χ4v) is 5.92. The molecule has 0 aromatic rings. The number of hydrogen-bond acceptors (Lipinski definition) is 1. The fourth-order valence-electron chi connectivity index (χ4n) is 2.88. The second-order valence-corrected chi connectivity index (χ2v) is 11.5. The van der Waals surface area contributed by atoms with E-state index in [1.165, 1.54) is 63.8 Å². The molecule has 0 aromatic carbocycles. The first-order chi connectivity index (χ1) is 8.17. The van der Waals surface area contributed by atoms with Gasteiger partial charge < -0.3 is 4.74 Å². The fraction of sp³-hybridized carbons (Fsp3) is 1.00. The molecule has 2 heteroatoms. The smallest absolute Gasteiger partial charge is 0.0815 e. The van der Waals surface area contributed by atoms with Gasteiger partial charge in [0.05, 0.1) is 8.07 Å². The molecule has 0 aromatic heterocycles. The van der Waals surface area contributed by atoms with Gasteiger partial charge in [0.15, 0.2) is 0 Å². The minimum atomic E-state index is -1.09. The monoisotopic (exact) mass is 256 g/mol. The van der Waals surface area contributed by atoms with Crippen LogP contribution in [-0.2, 0) is 4.74 Å². The lowest BCUT2D eigenvalue weighted by molar-refractivity contribution is 0.0597. The van der Waals surface area contributed by atoms with E-state index in [0.717, 1.165) is 6.61 Å². The van der Waals surface area contributed by atoms with Crippen molar-refractivity contribution in [3.8, 4) is 0 Å². The number of rotatable bonds is 8. The van der Waals surface area contributed by atoms with Crippen molar-refractivity contribution in [2.45, 2.75) is 89.6 Å². The van der Waals surface area contributed by atoms with Crippen LogP contribution in [0.3, 0.4) is 0 Å². The molecule has 17 heavy (non-hydrogen) atoms. The summed E-state index contributed by atoms with van der Waals surface area (Å²) in [5.74, 6) is 0. The summed E-state index contributed by atoms with van der Waals surface area (Å²) >= 11 is 0. The molecule has 1 atom stereocenters. The van der Waals surface area contributed by atoms with Gasteiger partial charge in [-0.2, -0.15) is 0 Å². The molecule has 1 aliphatic heterocycles. The van der Waals surface area contributed by atoms with Crippen LogP contribution < -0.4 is 0 Å². The van der Waals surface area contributed by atoms with Crippen molar-refractivity contribution < 1.29 is 4.74 Å². The molecule has 1 nitrogen and oxygen atoms in total. The number of ether oxygens (including phenoxy) is 1. The maximum absolute atomic E-state index is 6.00. The van der Waals surface area contributed by atoms with Gasteiger partial charge in [0.2, 0.25) is 0 Å². The van der Waals surface area contributed by atoms with E-state index in [1.807, 2.05) is 0 Å². The predicted octanol–water partition coefficient (Wildman–Crippen LogP) is 5.16. The molecule has 1 fully saturated rings. The summed E-state index contributed by atoms with van der Waals surface area (Å²) in [5.41, 5.74) is 0.659. The average molecular weight is 257 g/mol. The van der Waals surface area contributed by atoms with Crippen molar-refractivity contribution in [2.75, 3.05) is 6.61 Å². The Morgan fingerprint density at radius 3 is 2.35 bits per heavy atom. The van der Waals surface area contributed by atoms with Gasteiger partial charge in [-0.25, -0.2) is 0 Å². The number of unbranched alkanes of at least 4 members (excludes halogenated alkanes) is 5. The van der Waals surface area contributed by atoms with Crippen LogP contribution in [0.5, 0.6) is 0 Å². The third-order valence-corrected chi connectivity index (χ3v) is 8.07. The molecule has 1 unspecified atom stereocenters. The van der Waals surface area contributed by atoms with Crippen LogP contribution >= 0.6 is 0 Å². The summed E-state index contributed by atoms with van der Waals surface area (Å²) in [6.45, 7) is 8.39. The van der Waals surface area contributed by atoms with Crippen molar-refractivity contribution >= 4 is 8.07 Å². The topological polar surface area (TPSA) is 9.23 Å². The van der Waals surface area contributed by atoms with Gasteiger partial charge in [-0.05, 0) is 19.3 Å². The van der Waals surface area contributed by atoms with E-state index < -0.39 is 8.07 Å². The first-order valence-corrected chi connectivity index (χ1v) is 11.1. The highest BCUT2D eigenvalue weighted by molar-refractivity contribution is 6.78. The largest absolute Gasteiger partial charge is 0.382 e. The lowest BCUT2D eigenvalue weighted by Crippen LogP contribution is -2.45. The SMILES string of the molecule is CCCCCCCC[Si](C)(C)C1CCCCO1. The zero-order valence-electron chi connectivity index (χ0n) is 12.3. The van der Waals surface area contributed by atoms with Crippen molar-refractivity contribution in [2.24, 2.45) is 0 Å². The first kappa shape index (κ1) is 15.2. The van der Waals surface area contributed by atoms with Crippen LogP contribution in [0.25, 0.3) is 0 Å². The number of hydrogen-bond donors (Lipinski definition) is 0. The molecular weight excluding hydrogens is 224 g/mol. The Morgan fingerprint density at radius 1 is 1.00 bits per heavy atom. The van der Waals surface area contributed by atoms with Gasteiger partial charge in [-0.3, -0.25) is 0 Å². The van der Waals surface area contributed by atoms with E-state index >= 15 is 0 Å². The lowest BCUT2D eigenvalue weighted by atomic mass is 10.1. The molecule has 0 radical (unpaired) electrons. The highest BCUT2D eigenvalue weighted by atomic mass is 28.3. The molecule has 102 valence electrons. The van der Waals surface area contributed by atoms with Crippen LogP contribution in [0.15, 0.2) is 0 Å². The maximum Gasteiger partial charge on any atom is 0.0815 e. The molecule has 0 amide bonds. The summed E-state index contributed by atoms with van der Waals surface area (Å²) in [6.07, 6.45) is 12.6. The average Bonchev–Trinajstić information content (AvgIpc) is 2.35. The Balaban J connectivity index is 2.10. The van der Waals surface area contributed by atoms with E-state index in [2.05, 4.69) is 20.0 Å². The Hall–Kier alpha value is 0.177. The van der Waals surface area contributed by atoms with Gasteiger partial charge >= 0.3 is 0 Å². The Morgan fingerprint density at radius 2 is 1.71 bits per heavy atom. The summed E-state index contributed by atoms with van der Waals surface area (Å²) < 4.78 is 6.00. The van der Waals surface area contributed by atoms with Gasteiger partial charge in [-0.1, -0.05) is 64.6 Å². The maximum atomic E-state index is 6.00. The van der Waals surface area contributed by atoms with E-state index in [0.29, 0.717) is 5.73 Å². The molecule has 1 heterocycles. The summed E-state index contributed by atoms with van der Waals surface area (Å²) in [4.78, 5) is 0. The minimum absolute atomic E-state index is 0.659. The van der Waals surface area contributed by atoms with E-state index in [9.17, 15) is 0 Å². The third kappa shape index (κ3) is 6.05. The molecule has 1 rings (SSSR count). The van der Waals surface area contributed by atoms with E-state index in [1.54, 1.807) is 0 Å². The van der Waals surface area contributed by atoms with Crippen LogP contribution in [0.2, 0.25) is 19.1 Å². The minimum Gasteiger partial charge on any atom is -0.382 e. The Kier molecular flexibility index (Phi) is 7.45. The normalized spacial score (nSPS) is 21.7. The second kappa shape index (κ2) is 8.31. The molecular formula is C15H32OSi. The Labute approximate surface area is 109 Å². The van der Waals surface area contributed by atoms with Crippen molar-refractivity contribution in [1.29, 1.82) is 0 Å². The Bertz CT molecular complexity index is 185. The zero-order chi connectivity index (χ0) is 12.6. The predicted molar refractivity (Wildman–Crippen MR) is 79.3 cm³/mol. The highest BCUT2D eigenvalue weighted by Gasteiger charge is 2.32. The molecule has 1 saturated heterocycles. The van der Waals surface area contributed by atoms with Crippen molar-refractivity contribution in [3.63, 3.8) is 0 Å². The lowest BCUT2D eigenvalue weighted by Gasteiger charge is -2.35. The van der Waals surface area contributed by atoms with Gasteiger partial charge in [0.1, 0.15) is 0 Å². The molecule has 0 bridgehead atoms. The van der Waals surface area contributed by atoms with E-state index in [-0.39, 0.29) is 0 Å². The molecule has 0 spiro atoms. The zero-order valence-corrected chi connectivity index (χ0v) is 13.3.